The number of rotatable bonds is 5. The monoisotopic (exact) mass is 251 g/mol. The quantitative estimate of drug-likeness (QED) is 0.580. The molecule has 3 heteroatoms. The van der Waals surface area contributed by atoms with Gasteiger partial charge in [0.1, 0.15) is 0 Å². The van der Waals surface area contributed by atoms with E-state index in [1.54, 1.807) is 11.9 Å². The van der Waals surface area contributed by atoms with Crippen molar-refractivity contribution in [3.05, 3.63) is 35.9 Å². The third-order valence-corrected chi connectivity index (χ3v) is 2.73. The lowest BCUT2D eigenvalue weighted by Gasteiger charge is -2.13. The van der Waals surface area contributed by atoms with E-state index in [1.807, 2.05) is 31.3 Å². The highest BCUT2D eigenvalue weighted by Gasteiger charge is 2.09. The SMILES string of the molecule is C[C@@H](C=NSC(C)(C)C)OCc1ccccc1. The van der Waals surface area contributed by atoms with Gasteiger partial charge in [-0.25, -0.2) is 4.40 Å². The predicted molar refractivity (Wildman–Crippen MR) is 76.5 cm³/mol. The van der Waals surface area contributed by atoms with Crippen LogP contribution in [0.15, 0.2) is 34.7 Å². The number of benzene rings is 1. The molecule has 94 valence electrons. The summed E-state index contributed by atoms with van der Waals surface area (Å²) in [6.07, 6.45) is 1.91. The standard InChI is InChI=1S/C14H21NOS/c1-12(10-15-17-14(2,3)4)16-11-13-8-6-5-7-9-13/h5-10,12H,11H2,1-4H3/t12-/m0/s1. The molecule has 1 rings (SSSR count). The van der Waals surface area contributed by atoms with Crippen LogP contribution in [0.2, 0.25) is 0 Å². The first-order valence-corrected chi connectivity index (χ1v) is 6.62. The van der Waals surface area contributed by atoms with E-state index in [-0.39, 0.29) is 10.9 Å². The van der Waals surface area contributed by atoms with Gasteiger partial charge in [0, 0.05) is 11.0 Å². The molecule has 0 saturated heterocycles. The highest BCUT2D eigenvalue weighted by Crippen LogP contribution is 2.23. The number of ether oxygens (including phenoxy) is 1. The second kappa shape index (κ2) is 6.82. The van der Waals surface area contributed by atoms with Crippen LogP contribution in [0.25, 0.3) is 0 Å². The molecule has 0 saturated carbocycles. The molecule has 0 N–H and O–H groups in total. The minimum Gasteiger partial charge on any atom is -0.368 e. The van der Waals surface area contributed by atoms with E-state index in [1.165, 1.54) is 5.56 Å². The Morgan fingerprint density at radius 1 is 1.29 bits per heavy atom. The summed E-state index contributed by atoms with van der Waals surface area (Å²) in [5.41, 5.74) is 1.19. The minimum atomic E-state index is 0.0463. The van der Waals surface area contributed by atoms with Crippen molar-refractivity contribution in [2.75, 3.05) is 0 Å². The van der Waals surface area contributed by atoms with Gasteiger partial charge in [-0.3, -0.25) is 0 Å². The largest absolute Gasteiger partial charge is 0.368 e. The number of nitrogens with zero attached hydrogens (tertiary/aromatic N) is 1. The summed E-state index contributed by atoms with van der Waals surface area (Å²) in [5.74, 6) is 0. The lowest BCUT2D eigenvalue weighted by atomic mass is 10.2. The van der Waals surface area contributed by atoms with Crippen LogP contribution in [0, 0.1) is 0 Å². The molecule has 2 nitrogen and oxygen atoms in total. The Morgan fingerprint density at radius 3 is 2.53 bits per heavy atom. The summed E-state index contributed by atoms with van der Waals surface area (Å²) in [6.45, 7) is 9.07. The fourth-order valence-corrected chi connectivity index (χ4v) is 1.67. The van der Waals surface area contributed by atoms with E-state index in [9.17, 15) is 0 Å². The molecule has 0 aliphatic carbocycles. The van der Waals surface area contributed by atoms with Gasteiger partial charge in [0.15, 0.2) is 0 Å². The Morgan fingerprint density at radius 2 is 1.94 bits per heavy atom. The van der Waals surface area contributed by atoms with Gasteiger partial charge in [0.05, 0.1) is 12.7 Å². The van der Waals surface area contributed by atoms with Crippen LogP contribution in [0.1, 0.15) is 33.3 Å². The molecular weight excluding hydrogens is 230 g/mol. The second-order valence-electron chi connectivity index (χ2n) is 4.96. The summed E-state index contributed by atoms with van der Waals surface area (Å²) < 4.78 is 10.2. The van der Waals surface area contributed by atoms with Crippen LogP contribution in [-0.2, 0) is 11.3 Å². The number of hydrogen-bond acceptors (Lipinski definition) is 3. The molecule has 0 bridgehead atoms. The molecule has 0 unspecified atom stereocenters. The zero-order valence-electron chi connectivity index (χ0n) is 11.0. The molecule has 0 aromatic heterocycles. The molecule has 0 aliphatic rings. The Bertz CT molecular complexity index is 343. The van der Waals surface area contributed by atoms with Crippen molar-refractivity contribution < 1.29 is 4.74 Å². The van der Waals surface area contributed by atoms with Crippen molar-refractivity contribution in [1.29, 1.82) is 0 Å². The van der Waals surface area contributed by atoms with E-state index >= 15 is 0 Å². The Kier molecular flexibility index (Phi) is 5.72. The Labute approximate surface area is 109 Å². The average Bonchev–Trinajstić information content (AvgIpc) is 2.26. The molecule has 0 spiro atoms. The zero-order valence-corrected chi connectivity index (χ0v) is 11.8. The van der Waals surface area contributed by atoms with Crippen molar-refractivity contribution in [1.82, 2.24) is 0 Å². The third kappa shape index (κ3) is 7.18. The molecule has 0 amide bonds. The zero-order chi connectivity index (χ0) is 12.7. The summed E-state index contributed by atoms with van der Waals surface area (Å²) in [4.78, 5) is 0. The molecule has 0 fully saturated rings. The van der Waals surface area contributed by atoms with E-state index in [0.717, 1.165) is 0 Å². The Balaban J connectivity index is 2.28. The molecule has 0 heterocycles. The summed E-state index contributed by atoms with van der Waals surface area (Å²) in [5, 5.41) is 0. The first-order chi connectivity index (χ1) is 7.97. The molecule has 17 heavy (non-hydrogen) atoms. The average molecular weight is 251 g/mol. The number of hydrogen-bond donors (Lipinski definition) is 0. The second-order valence-corrected chi connectivity index (χ2v) is 6.58. The van der Waals surface area contributed by atoms with Gasteiger partial charge in [-0.2, -0.15) is 0 Å². The van der Waals surface area contributed by atoms with Crippen LogP contribution in [0.5, 0.6) is 0 Å². The van der Waals surface area contributed by atoms with Crippen molar-refractivity contribution in [2.45, 2.75) is 45.2 Å². The van der Waals surface area contributed by atoms with Crippen LogP contribution >= 0.6 is 11.9 Å². The van der Waals surface area contributed by atoms with Crippen LogP contribution in [-0.4, -0.2) is 17.1 Å². The molecule has 1 aromatic rings. The normalized spacial score (nSPS) is 14.1. The minimum absolute atomic E-state index is 0.0463. The molecule has 0 aliphatic heterocycles. The third-order valence-electron chi connectivity index (χ3n) is 1.95. The first kappa shape index (κ1) is 14.3. The fraction of sp³-hybridized carbons (Fsp3) is 0.500. The van der Waals surface area contributed by atoms with Crippen LogP contribution in [0.3, 0.4) is 0 Å². The highest BCUT2D eigenvalue weighted by atomic mass is 32.2. The van der Waals surface area contributed by atoms with Crippen molar-refractivity contribution >= 4 is 18.2 Å². The van der Waals surface area contributed by atoms with Gasteiger partial charge in [0.2, 0.25) is 0 Å². The van der Waals surface area contributed by atoms with Gasteiger partial charge in [0.25, 0.3) is 0 Å². The van der Waals surface area contributed by atoms with Gasteiger partial charge < -0.3 is 4.74 Å². The summed E-state index contributed by atoms with van der Waals surface area (Å²) in [6, 6.07) is 10.2. The molecule has 0 radical (unpaired) electrons. The van der Waals surface area contributed by atoms with E-state index in [0.29, 0.717) is 6.61 Å². The predicted octanol–water partition coefficient (Wildman–Crippen LogP) is 4.11. The van der Waals surface area contributed by atoms with Crippen LogP contribution < -0.4 is 0 Å². The van der Waals surface area contributed by atoms with E-state index in [4.69, 9.17) is 4.74 Å². The van der Waals surface area contributed by atoms with Crippen molar-refractivity contribution in [2.24, 2.45) is 4.40 Å². The molecular formula is C14H21NOS. The summed E-state index contributed by atoms with van der Waals surface area (Å²) in [7, 11) is 0. The topological polar surface area (TPSA) is 21.6 Å². The molecule has 1 atom stereocenters. The van der Waals surface area contributed by atoms with Crippen LogP contribution in [0.4, 0.5) is 0 Å². The maximum atomic E-state index is 5.68. The smallest absolute Gasteiger partial charge is 0.0909 e. The maximum Gasteiger partial charge on any atom is 0.0909 e. The van der Waals surface area contributed by atoms with Crippen molar-refractivity contribution in [3.63, 3.8) is 0 Å². The van der Waals surface area contributed by atoms with Gasteiger partial charge >= 0.3 is 0 Å². The van der Waals surface area contributed by atoms with E-state index < -0.39 is 0 Å². The highest BCUT2D eigenvalue weighted by molar-refractivity contribution is 7.99. The lowest BCUT2D eigenvalue weighted by Crippen LogP contribution is -2.10. The summed E-state index contributed by atoms with van der Waals surface area (Å²) >= 11 is 1.57. The maximum absolute atomic E-state index is 5.68. The fourth-order valence-electron chi connectivity index (χ4n) is 1.12. The Hall–Kier alpha value is -0.800. The van der Waals surface area contributed by atoms with Gasteiger partial charge in [-0.05, 0) is 45.2 Å². The first-order valence-electron chi connectivity index (χ1n) is 5.84. The van der Waals surface area contributed by atoms with Crippen molar-refractivity contribution in [3.8, 4) is 0 Å². The van der Waals surface area contributed by atoms with Gasteiger partial charge in [-0.15, -0.1) is 0 Å². The lowest BCUT2D eigenvalue weighted by molar-refractivity contribution is 0.0992. The van der Waals surface area contributed by atoms with Gasteiger partial charge in [-0.1, -0.05) is 30.3 Å². The molecule has 1 aromatic carbocycles. The van der Waals surface area contributed by atoms with E-state index in [2.05, 4.69) is 37.3 Å².